The zero-order chi connectivity index (χ0) is 10.8. The van der Waals surface area contributed by atoms with Crippen LogP contribution in [-0.2, 0) is 0 Å². The van der Waals surface area contributed by atoms with Crippen molar-refractivity contribution in [2.75, 3.05) is 0 Å². The summed E-state index contributed by atoms with van der Waals surface area (Å²) in [6.07, 6.45) is 0. The van der Waals surface area contributed by atoms with E-state index in [0.29, 0.717) is 0 Å². The number of rotatable bonds is 2. The Kier molecular flexibility index (Phi) is 13.5. The molecule has 0 amide bonds. The van der Waals surface area contributed by atoms with Gasteiger partial charge in [-0.1, -0.05) is 6.07 Å². The molecule has 0 aliphatic heterocycles. The smallest absolute Gasteiger partial charge is 1.00 e. The molecule has 0 radical (unpaired) electrons. The zero-order valence-corrected chi connectivity index (χ0v) is 18.1. The summed E-state index contributed by atoms with van der Waals surface area (Å²) in [6, 6.07) is 14.0. The normalized spacial score (nSPS) is 8.40. The van der Waals surface area contributed by atoms with Crippen molar-refractivity contribution in [2.45, 2.75) is 0 Å². The Labute approximate surface area is 180 Å². The first-order chi connectivity index (χ1) is 7.93. The van der Waals surface area contributed by atoms with E-state index in [4.69, 9.17) is 0 Å². The number of nitrogens with zero attached hydrogens (tertiary/aromatic N) is 1. The second kappa shape index (κ2) is 11.6. The minimum atomic E-state index is 0. The largest absolute Gasteiger partial charge is 2.00 e. The minimum absolute atomic E-state index is 0. The quantitative estimate of drug-likeness (QED) is 0.309. The van der Waals surface area contributed by atoms with E-state index in [1.807, 2.05) is 42.5 Å². The van der Waals surface area contributed by atoms with Crippen molar-refractivity contribution in [3.63, 3.8) is 0 Å². The number of aromatic nitrogens is 1. The number of hydrogen-bond acceptors (Lipinski definition) is 3. The van der Waals surface area contributed by atoms with Crippen LogP contribution >= 0.6 is 22.7 Å². The Morgan fingerprint density at radius 3 is 1.55 bits per heavy atom. The van der Waals surface area contributed by atoms with Gasteiger partial charge in [-0.3, -0.25) is 27.7 Å². The molecule has 0 bridgehead atoms. The van der Waals surface area contributed by atoms with Crippen LogP contribution < -0.4 is 34.0 Å². The predicted octanol–water partition coefficient (Wildman–Crippen LogP) is -2.61. The first-order valence-corrected chi connectivity index (χ1v) is 6.46. The summed E-state index contributed by atoms with van der Waals surface area (Å²) in [4.78, 5) is 6.95. The van der Waals surface area contributed by atoms with Crippen LogP contribution in [0.4, 0.5) is 0 Å². The average Bonchev–Trinajstić information content (AvgIpc) is 3.03. The summed E-state index contributed by atoms with van der Waals surface area (Å²) in [6.45, 7) is 0. The maximum absolute atomic E-state index is 4.64. The Balaban J connectivity index is 0. The second-order valence-corrected chi connectivity index (χ2v) is 5.00. The van der Waals surface area contributed by atoms with Crippen LogP contribution in [0, 0.1) is 10.8 Å². The fourth-order valence-corrected chi connectivity index (χ4v) is 2.70. The maximum Gasteiger partial charge on any atom is 2.00 e. The number of halogens is 2. The third-order valence-corrected chi connectivity index (χ3v) is 3.84. The van der Waals surface area contributed by atoms with Crippen molar-refractivity contribution in [3.05, 3.63) is 53.2 Å². The van der Waals surface area contributed by atoms with E-state index in [0.717, 1.165) is 21.1 Å². The summed E-state index contributed by atoms with van der Waals surface area (Å²) in [5.41, 5.74) is 2.02. The molecular formula is C13H7Br2Mg2NS2. The van der Waals surface area contributed by atoms with Gasteiger partial charge in [0, 0.05) is 11.4 Å². The second-order valence-electron chi connectivity index (χ2n) is 3.24. The van der Waals surface area contributed by atoms with Crippen molar-refractivity contribution in [2.24, 2.45) is 0 Å². The van der Waals surface area contributed by atoms with Gasteiger partial charge in [-0.2, -0.15) is 24.3 Å². The first kappa shape index (κ1) is 23.3. The van der Waals surface area contributed by atoms with Gasteiger partial charge in [0.1, 0.15) is 0 Å². The molecule has 0 saturated carbocycles. The van der Waals surface area contributed by atoms with Crippen LogP contribution in [0.1, 0.15) is 0 Å². The SMILES string of the molecule is [Br-].[Br-].[Mg+2].[Mg+2].[c-]1ccc(-c2cccc(-c3cc[c-]s3)n2)s1. The van der Waals surface area contributed by atoms with E-state index in [9.17, 15) is 0 Å². The van der Waals surface area contributed by atoms with Gasteiger partial charge in [-0.05, 0) is 12.1 Å². The van der Waals surface area contributed by atoms with Gasteiger partial charge >= 0.3 is 46.1 Å². The monoisotopic (exact) mass is 447 g/mol. The van der Waals surface area contributed by atoms with Gasteiger partial charge in [-0.25, -0.2) is 0 Å². The standard InChI is InChI=1S/C13H7NS2.2BrH.2Mg/c1-4-10(12-6-2-8-15-12)14-11(5-1)13-7-3-9-16-13;;;;/h1-7H;2*1H;;/q-2;;;2*+2/p-2. The molecule has 7 heteroatoms. The first-order valence-electron chi connectivity index (χ1n) is 4.83. The molecule has 20 heavy (non-hydrogen) atoms. The van der Waals surface area contributed by atoms with Crippen LogP contribution in [0.3, 0.4) is 0 Å². The Morgan fingerprint density at radius 1 is 0.750 bits per heavy atom. The van der Waals surface area contributed by atoms with Gasteiger partial charge in [0.15, 0.2) is 0 Å². The number of thiophene rings is 2. The molecule has 0 spiro atoms. The van der Waals surface area contributed by atoms with E-state index in [2.05, 4.69) is 15.7 Å². The summed E-state index contributed by atoms with van der Waals surface area (Å²) < 4.78 is 0. The number of pyridine rings is 1. The van der Waals surface area contributed by atoms with Gasteiger partial charge in [0.05, 0.1) is 0 Å². The molecule has 0 unspecified atom stereocenters. The molecule has 3 aromatic heterocycles. The molecular weight excluding hydrogens is 443 g/mol. The molecule has 0 aliphatic carbocycles. The van der Waals surface area contributed by atoms with Crippen molar-refractivity contribution in [3.8, 4) is 21.1 Å². The van der Waals surface area contributed by atoms with Crippen molar-refractivity contribution >= 4 is 68.8 Å². The molecule has 0 aromatic carbocycles. The number of hydrogen-bond donors (Lipinski definition) is 0. The molecule has 0 fully saturated rings. The summed E-state index contributed by atoms with van der Waals surface area (Å²) in [5.74, 6) is 0. The van der Waals surface area contributed by atoms with Crippen LogP contribution in [0.2, 0.25) is 0 Å². The fourth-order valence-electron chi connectivity index (χ4n) is 1.47. The molecule has 0 aliphatic rings. The van der Waals surface area contributed by atoms with Gasteiger partial charge in [0.25, 0.3) is 0 Å². The molecule has 0 atom stereocenters. The molecule has 3 rings (SSSR count). The topological polar surface area (TPSA) is 12.9 Å². The van der Waals surface area contributed by atoms with Crippen molar-refractivity contribution in [1.29, 1.82) is 0 Å². The van der Waals surface area contributed by atoms with E-state index in [1.54, 1.807) is 22.7 Å². The van der Waals surface area contributed by atoms with Gasteiger partial charge in [0.2, 0.25) is 0 Å². The molecule has 0 N–H and O–H groups in total. The fraction of sp³-hybridized carbons (Fsp3) is 0. The Morgan fingerprint density at radius 2 is 1.20 bits per heavy atom. The van der Waals surface area contributed by atoms with Crippen LogP contribution in [-0.4, -0.2) is 51.1 Å². The Bertz CT molecular complexity index is 537. The molecule has 0 saturated heterocycles. The van der Waals surface area contributed by atoms with E-state index < -0.39 is 0 Å². The van der Waals surface area contributed by atoms with Crippen LogP contribution in [0.5, 0.6) is 0 Å². The third kappa shape index (κ3) is 5.68. The molecule has 3 aromatic rings. The molecule has 1 nitrogen and oxygen atoms in total. The molecule has 3 heterocycles. The summed E-state index contributed by atoms with van der Waals surface area (Å²) >= 11 is 3.18. The average molecular weight is 450 g/mol. The Hall–Kier alpha value is 1.04. The van der Waals surface area contributed by atoms with Gasteiger partial charge in [-0.15, -0.1) is 20.5 Å². The van der Waals surface area contributed by atoms with Crippen molar-refractivity contribution < 1.29 is 34.0 Å². The maximum atomic E-state index is 4.64. The molecule has 94 valence electrons. The zero-order valence-electron chi connectivity index (χ0n) is 10.5. The summed E-state index contributed by atoms with van der Waals surface area (Å²) in [5, 5.41) is 6.16. The van der Waals surface area contributed by atoms with E-state index in [-0.39, 0.29) is 80.1 Å². The summed E-state index contributed by atoms with van der Waals surface area (Å²) in [7, 11) is 0. The van der Waals surface area contributed by atoms with Crippen LogP contribution in [0.15, 0.2) is 42.5 Å². The third-order valence-electron chi connectivity index (χ3n) is 2.20. The van der Waals surface area contributed by atoms with Crippen molar-refractivity contribution in [1.82, 2.24) is 4.98 Å². The van der Waals surface area contributed by atoms with Gasteiger partial charge < -0.3 is 34.0 Å². The van der Waals surface area contributed by atoms with E-state index >= 15 is 0 Å². The minimum Gasteiger partial charge on any atom is -1.00 e. The van der Waals surface area contributed by atoms with Crippen LogP contribution in [0.25, 0.3) is 21.1 Å². The van der Waals surface area contributed by atoms with E-state index in [1.165, 1.54) is 0 Å². The predicted molar refractivity (Wildman–Crippen MR) is 80.0 cm³/mol.